The smallest absolute Gasteiger partial charge is 0.143 e. The van der Waals surface area contributed by atoms with E-state index in [1.807, 2.05) is 18.2 Å². The zero-order valence-electron chi connectivity index (χ0n) is 39.0. The highest BCUT2D eigenvalue weighted by Crippen LogP contribution is 2.54. The van der Waals surface area contributed by atoms with Crippen LogP contribution < -0.4 is 4.90 Å². The van der Waals surface area contributed by atoms with Crippen LogP contribution in [0.15, 0.2) is 221 Å². The fraction of sp³-hybridized carbons (Fsp3) is 0.0909. The molecule has 0 fully saturated rings. The molecule has 2 aliphatic rings. The van der Waals surface area contributed by atoms with Crippen LogP contribution in [0.5, 0.6) is 0 Å². The van der Waals surface area contributed by atoms with Gasteiger partial charge in [-0.3, -0.25) is 0 Å². The van der Waals surface area contributed by atoms with Crippen LogP contribution in [-0.4, -0.2) is 0 Å². The van der Waals surface area contributed by atoms with Gasteiger partial charge in [-0.05, 0) is 145 Å². The largest absolute Gasteiger partial charge is 0.456 e. The lowest BCUT2D eigenvalue weighted by atomic mass is 9.81. The number of furan rings is 2. The number of hydrogen-bond acceptors (Lipinski definition) is 3. The number of anilines is 3. The number of para-hydroxylation sites is 3. The quantitative estimate of drug-likeness (QED) is 0.167. The van der Waals surface area contributed by atoms with Crippen LogP contribution in [-0.2, 0) is 10.8 Å². The van der Waals surface area contributed by atoms with Crippen molar-refractivity contribution in [3.8, 4) is 55.6 Å². The number of fused-ring (bicyclic) bond motifs is 12. The number of nitrogens with zero attached hydrogens (tertiary/aromatic N) is 1. The lowest BCUT2D eigenvalue weighted by molar-refractivity contribution is 0.660. The van der Waals surface area contributed by atoms with Gasteiger partial charge in [-0.1, -0.05) is 167 Å². The Morgan fingerprint density at radius 3 is 1.38 bits per heavy atom. The van der Waals surface area contributed by atoms with Gasteiger partial charge >= 0.3 is 0 Å². The van der Waals surface area contributed by atoms with Crippen LogP contribution in [0.3, 0.4) is 0 Å². The molecule has 328 valence electrons. The number of benzene rings is 10. The van der Waals surface area contributed by atoms with Crippen molar-refractivity contribution in [2.45, 2.75) is 38.5 Å². The number of hydrogen-bond donors (Lipinski definition) is 0. The molecule has 14 rings (SSSR count). The molecule has 0 saturated carbocycles. The molecule has 0 bridgehead atoms. The lowest BCUT2D eigenvalue weighted by Crippen LogP contribution is -2.18. The Morgan fingerprint density at radius 1 is 0.290 bits per heavy atom. The van der Waals surface area contributed by atoms with Gasteiger partial charge in [-0.2, -0.15) is 0 Å². The van der Waals surface area contributed by atoms with E-state index in [-0.39, 0.29) is 10.8 Å². The molecule has 0 spiro atoms. The van der Waals surface area contributed by atoms with Crippen LogP contribution in [0.1, 0.15) is 49.9 Å². The molecule has 0 aliphatic heterocycles. The Morgan fingerprint density at radius 2 is 0.739 bits per heavy atom. The van der Waals surface area contributed by atoms with Gasteiger partial charge in [-0.15, -0.1) is 0 Å². The normalized spacial score (nSPS) is 14.0. The van der Waals surface area contributed by atoms with Crippen LogP contribution >= 0.6 is 0 Å². The van der Waals surface area contributed by atoms with Gasteiger partial charge in [0.05, 0.1) is 0 Å². The summed E-state index contributed by atoms with van der Waals surface area (Å²) in [4.78, 5) is 2.45. The van der Waals surface area contributed by atoms with Gasteiger partial charge in [0.1, 0.15) is 22.3 Å². The first-order valence-corrected chi connectivity index (χ1v) is 24.1. The maximum atomic E-state index is 6.51. The third-order valence-electron chi connectivity index (χ3n) is 15.5. The second-order valence-corrected chi connectivity index (χ2v) is 20.1. The third kappa shape index (κ3) is 5.93. The predicted molar refractivity (Wildman–Crippen MR) is 287 cm³/mol. The molecule has 0 atom stereocenters. The molecule has 0 radical (unpaired) electrons. The fourth-order valence-corrected chi connectivity index (χ4v) is 11.8. The predicted octanol–water partition coefficient (Wildman–Crippen LogP) is 18.6. The molecule has 0 amide bonds. The summed E-state index contributed by atoms with van der Waals surface area (Å²) in [5.74, 6) is 0. The molecule has 3 heteroatoms. The summed E-state index contributed by atoms with van der Waals surface area (Å²) in [6.07, 6.45) is 0. The lowest BCUT2D eigenvalue weighted by Gasteiger charge is -2.30. The average molecular weight is 886 g/mol. The maximum absolute atomic E-state index is 6.51. The van der Waals surface area contributed by atoms with E-state index in [1.165, 1.54) is 66.8 Å². The van der Waals surface area contributed by atoms with E-state index < -0.39 is 0 Å². The van der Waals surface area contributed by atoms with E-state index >= 15 is 0 Å². The topological polar surface area (TPSA) is 29.5 Å². The molecule has 12 aromatic rings. The van der Waals surface area contributed by atoms with E-state index in [2.05, 4.69) is 227 Å². The Kier molecular flexibility index (Phi) is 8.38. The summed E-state index contributed by atoms with van der Waals surface area (Å²) in [5.41, 5.74) is 24.2. The van der Waals surface area contributed by atoms with Crippen molar-refractivity contribution in [3.05, 3.63) is 235 Å². The highest BCUT2D eigenvalue weighted by molar-refractivity contribution is 6.10. The highest BCUT2D eigenvalue weighted by atomic mass is 16.3. The van der Waals surface area contributed by atoms with Crippen molar-refractivity contribution in [1.82, 2.24) is 0 Å². The third-order valence-corrected chi connectivity index (χ3v) is 15.5. The van der Waals surface area contributed by atoms with E-state index in [0.717, 1.165) is 72.1 Å². The molecule has 69 heavy (non-hydrogen) atoms. The summed E-state index contributed by atoms with van der Waals surface area (Å²) < 4.78 is 12.7. The van der Waals surface area contributed by atoms with Crippen LogP contribution in [0.2, 0.25) is 0 Å². The van der Waals surface area contributed by atoms with Crippen molar-refractivity contribution in [2.75, 3.05) is 4.90 Å². The van der Waals surface area contributed by atoms with Crippen molar-refractivity contribution in [2.24, 2.45) is 0 Å². The van der Waals surface area contributed by atoms with Crippen molar-refractivity contribution in [3.63, 3.8) is 0 Å². The second-order valence-electron chi connectivity index (χ2n) is 20.1. The molecule has 2 heterocycles. The maximum Gasteiger partial charge on any atom is 0.143 e. The minimum atomic E-state index is -0.248. The highest BCUT2D eigenvalue weighted by Gasteiger charge is 2.38. The first-order chi connectivity index (χ1) is 33.7. The summed E-state index contributed by atoms with van der Waals surface area (Å²) in [6.45, 7) is 9.53. The van der Waals surface area contributed by atoms with E-state index in [0.29, 0.717) is 0 Å². The average Bonchev–Trinajstić information content (AvgIpc) is 4.09. The molecule has 10 aromatic carbocycles. The van der Waals surface area contributed by atoms with Crippen molar-refractivity contribution >= 4 is 60.9 Å². The van der Waals surface area contributed by atoms with E-state index in [4.69, 9.17) is 8.83 Å². The Hall–Kier alpha value is -8.40. The Balaban J connectivity index is 0.882. The molecular formula is C66H47NO2. The SMILES string of the molecule is CC1(C)c2cc(-c3ccccc3)ccc2-c2ccc(N(c3ccc(-c4cccc5c4oc4ccccc45)cc3)c3ccc4c(c3)C(C)(C)c3cc(-c5ccc6oc7ccccc7c6c5)ccc3-4)cc21. The van der Waals surface area contributed by atoms with Crippen LogP contribution in [0.4, 0.5) is 17.1 Å². The zero-order chi connectivity index (χ0) is 46.2. The molecular weight excluding hydrogens is 839 g/mol. The molecule has 2 aliphatic carbocycles. The molecule has 2 aromatic heterocycles. The Labute approximate surface area is 401 Å². The summed E-state index contributed by atoms with van der Waals surface area (Å²) >= 11 is 0. The molecule has 0 N–H and O–H groups in total. The second kappa shape index (κ2) is 14.6. The summed E-state index contributed by atoms with van der Waals surface area (Å²) in [6, 6.07) is 77.7. The minimum Gasteiger partial charge on any atom is -0.456 e. The van der Waals surface area contributed by atoms with Gasteiger partial charge < -0.3 is 13.7 Å². The molecule has 3 nitrogen and oxygen atoms in total. The first kappa shape index (κ1) is 39.7. The zero-order valence-corrected chi connectivity index (χ0v) is 39.0. The minimum absolute atomic E-state index is 0.208. The van der Waals surface area contributed by atoms with E-state index in [1.54, 1.807) is 0 Å². The van der Waals surface area contributed by atoms with E-state index in [9.17, 15) is 0 Å². The van der Waals surface area contributed by atoms with Gasteiger partial charge in [0.25, 0.3) is 0 Å². The Bertz CT molecular complexity index is 4070. The number of rotatable bonds is 6. The van der Waals surface area contributed by atoms with Gasteiger partial charge in [0.2, 0.25) is 0 Å². The summed E-state index contributed by atoms with van der Waals surface area (Å²) in [5, 5.41) is 4.56. The first-order valence-electron chi connectivity index (χ1n) is 24.1. The molecule has 0 saturated heterocycles. The van der Waals surface area contributed by atoms with Gasteiger partial charge in [0.15, 0.2) is 0 Å². The molecule has 0 unspecified atom stereocenters. The fourth-order valence-electron chi connectivity index (χ4n) is 11.8. The van der Waals surface area contributed by atoms with Crippen LogP contribution in [0.25, 0.3) is 99.5 Å². The van der Waals surface area contributed by atoms with Gasteiger partial charge in [-0.25, -0.2) is 0 Å². The summed E-state index contributed by atoms with van der Waals surface area (Å²) in [7, 11) is 0. The van der Waals surface area contributed by atoms with Crippen molar-refractivity contribution < 1.29 is 8.83 Å². The van der Waals surface area contributed by atoms with Crippen molar-refractivity contribution in [1.29, 1.82) is 0 Å². The standard InChI is InChI=1S/C66H47NO2/c1-65(2)57-36-43(40-13-6-5-7-14-40)23-30-49(57)51-32-28-46(38-59(51)65)67(45-26-21-41(22-27-45)48-17-12-18-55-53-15-8-11-20-62(53)69-64(48)55)47-29-33-52-50-31-24-44(37-58(50)66(3,4)60(52)39-47)42-25-34-63-56(35-42)54-16-9-10-19-61(54)68-63/h5-39H,1-4H3. The van der Waals surface area contributed by atoms with Crippen LogP contribution in [0, 0.1) is 0 Å². The van der Waals surface area contributed by atoms with Gasteiger partial charge in [0, 0.05) is 55.0 Å². The monoisotopic (exact) mass is 885 g/mol.